The van der Waals surface area contributed by atoms with Crippen LogP contribution in [0, 0.1) is 6.92 Å². The Morgan fingerprint density at radius 1 is 1.20 bits per heavy atom. The molecule has 0 unspecified atom stereocenters. The number of rotatable bonds is 4. The molecule has 1 heterocycles. The lowest BCUT2D eigenvalue weighted by atomic mass is 10.1. The van der Waals surface area contributed by atoms with Crippen LogP contribution in [-0.2, 0) is 21.1 Å². The van der Waals surface area contributed by atoms with E-state index in [1.807, 2.05) is 55.5 Å². The maximum absolute atomic E-state index is 13.0. The van der Waals surface area contributed by atoms with Gasteiger partial charge in [0.05, 0.1) is 18.2 Å². The van der Waals surface area contributed by atoms with E-state index in [-0.39, 0.29) is 18.1 Å². The van der Waals surface area contributed by atoms with Crippen molar-refractivity contribution in [3.8, 4) is 0 Å². The average Bonchev–Trinajstić information content (AvgIpc) is 2.89. The van der Waals surface area contributed by atoms with Crippen molar-refractivity contribution in [3.05, 3.63) is 75.6 Å². The van der Waals surface area contributed by atoms with Crippen LogP contribution in [0.3, 0.4) is 0 Å². The van der Waals surface area contributed by atoms with Gasteiger partial charge in [0.15, 0.2) is 9.84 Å². The summed E-state index contributed by atoms with van der Waals surface area (Å²) in [5, 5.41) is 1.20. The first-order chi connectivity index (χ1) is 11.8. The van der Waals surface area contributed by atoms with Crippen LogP contribution in [-0.4, -0.2) is 26.1 Å². The molecule has 130 valence electrons. The second-order valence-electron chi connectivity index (χ2n) is 6.13. The number of halogens is 1. The molecule has 3 rings (SSSR count). The number of carbonyl (C=O) groups is 1. The number of hydrogen-bond donors (Lipinski definition) is 0. The summed E-state index contributed by atoms with van der Waals surface area (Å²) in [6, 6.07) is 14.6. The summed E-state index contributed by atoms with van der Waals surface area (Å²) in [7, 11) is -3.25. The molecule has 2 aromatic carbocycles. The Bertz CT molecular complexity index is 920. The van der Waals surface area contributed by atoms with Crippen molar-refractivity contribution >= 4 is 37.4 Å². The summed E-state index contributed by atoms with van der Waals surface area (Å²) < 4.78 is 24.5. The normalized spacial score (nSPS) is 18.2. The van der Waals surface area contributed by atoms with Gasteiger partial charge in [0.2, 0.25) is 5.91 Å². The minimum absolute atomic E-state index is 0.0807. The van der Waals surface area contributed by atoms with E-state index in [2.05, 4.69) is 15.9 Å². The van der Waals surface area contributed by atoms with Crippen LogP contribution in [0.15, 0.2) is 64.5 Å². The maximum atomic E-state index is 13.0. The SMILES string of the molecule is Cc1cccc(CC(=O)N(c2ccc(Br)cc2)[C@H]2C=CS(=O)(=O)C2)c1. The molecule has 4 nitrogen and oxygen atoms in total. The molecular weight excluding hydrogens is 402 g/mol. The van der Waals surface area contributed by atoms with Gasteiger partial charge in [-0.2, -0.15) is 0 Å². The van der Waals surface area contributed by atoms with Gasteiger partial charge in [-0.05, 0) is 42.8 Å². The fourth-order valence-corrected chi connectivity index (χ4v) is 4.46. The monoisotopic (exact) mass is 419 g/mol. The van der Waals surface area contributed by atoms with Crippen LogP contribution in [0.4, 0.5) is 5.69 Å². The van der Waals surface area contributed by atoms with E-state index in [0.717, 1.165) is 15.6 Å². The average molecular weight is 420 g/mol. The summed E-state index contributed by atoms with van der Waals surface area (Å²) in [4.78, 5) is 14.6. The van der Waals surface area contributed by atoms with Gasteiger partial charge in [0.25, 0.3) is 0 Å². The number of anilines is 1. The maximum Gasteiger partial charge on any atom is 0.231 e. The van der Waals surface area contributed by atoms with Gasteiger partial charge in [-0.1, -0.05) is 45.8 Å². The van der Waals surface area contributed by atoms with Crippen molar-refractivity contribution in [2.75, 3.05) is 10.7 Å². The molecule has 0 aromatic heterocycles. The Hall–Kier alpha value is -1.92. The van der Waals surface area contributed by atoms with E-state index in [9.17, 15) is 13.2 Å². The Kier molecular flexibility index (Phi) is 5.11. The molecule has 1 aliphatic heterocycles. The van der Waals surface area contributed by atoms with Crippen molar-refractivity contribution in [2.24, 2.45) is 0 Å². The number of carbonyl (C=O) groups excluding carboxylic acids is 1. The zero-order valence-electron chi connectivity index (χ0n) is 13.7. The molecule has 0 bridgehead atoms. The van der Waals surface area contributed by atoms with Gasteiger partial charge in [-0.15, -0.1) is 0 Å². The third-order valence-electron chi connectivity index (χ3n) is 4.05. The predicted octanol–water partition coefficient (Wildman–Crippen LogP) is 3.64. The van der Waals surface area contributed by atoms with E-state index < -0.39 is 15.9 Å². The number of amides is 1. The molecule has 2 aromatic rings. The number of benzene rings is 2. The highest BCUT2D eigenvalue weighted by Crippen LogP contribution is 2.25. The molecule has 0 saturated carbocycles. The standard InChI is InChI=1S/C19H18BrNO3S/c1-14-3-2-4-15(11-14)12-19(22)21(17-7-5-16(20)6-8-17)18-9-10-25(23,24)13-18/h2-11,18H,12-13H2,1H3/t18-/m0/s1. The number of nitrogens with zero attached hydrogens (tertiary/aromatic N) is 1. The molecule has 0 spiro atoms. The summed E-state index contributed by atoms with van der Waals surface area (Å²) in [5.74, 6) is -0.206. The van der Waals surface area contributed by atoms with E-state index in [1.165, 1.54) is 5.41 Å². The smallest absolute Gasteiger partial charge is 0.231 e. The fraction of sp³-hybridized carbons (Fsp3) is 0.211. The molecule has 1 atom stereocenters. The summed E-state index contributed by atoms with van der Waals surface area (Å²) >= 11 is 3.38. The Morgan fingerprint density at radius 3 is 2.52 bits per heavy atom. The second-order valence-corrected chi connectivity index (χ2v) is 8.98. The van der Waals surface area contributed by atoms with Crippen molar-refractivity contribution in [3.63, 3.8) is 0 Å². The summed E-state index contributed by atoms with van der Waals surface area (Å²) in [6.07, 6.45) is 1.81. The molecule has 6 heteroatoms. The van der Waals surface area contributed by atoms with E-state index in [0.29, 0.717) is 5.69 Å². The van der Waals surface area contributed by atoms with Crippen molar-refractivity contribution in [2.45, 2.75) is 19.4 Å². The number of sulfone groups is 1. The van der Waals surface area contributed by atoms with Gasteiger partial charge in [-0.3, -0.25) is 4.79 Å². The second kappa shape index (κ2) is 7.14. The Balaban J connectivity index is 1.92. The van der Waals surface area contributed by atoms with Gasteiger partial charge in [0.1, 0.15) is 0 Å². The van der Waals surface area contributed by atoms with E-state index in [4.69, 9.17) is 0 Å². The van der Waals surface area contributed by atoms with Crippen LogP contribution in [0.2, 0.25) is 0 Å². The zero-order chi connectivity index (χ0) is 18.0. The van der Waals surface area contributed by atoms with Gasteiger partial charge < -0.3 is 4.90 Å². The molecule has 0 N–H and O–H groups in total. The highest BCUT2D eigenvalue weighted by Gasteiger charge is 2.31. The lowest BCUT2D eigenvalue weighted by molar-refractivity contribution is -0.118. The van der Waals surface area contributed by atoms with Crippen molar-refractivity contribution in [1.29, 1.82) is 0 Å². The van der Waals surface area contributed by atoms with Gasteiger partial charge >= 0.3 is 0 Å². The first kappa shape index (κ1) is 17.9. The van der Waals surface area contributed by atoms with Crippen LogP contribution in [0.25, 0.3) is 0 Å². The molecule has 0 saturated heterocycles. The molecule has 25 heavy (non-hydrogen) atoms. The highest BCUT2D eigenvalue weighted by atomic mass is 79.9. The largest absolute Gasteiger partial charge is 0.304 e. The van der Waals surface area contributed by atoms with Crippen LogP contribution >= 0.6 is 15.9 Å². The van der Waals surface area contributed by atoms with Crippen LogP contribution in [0.1, 0.15) is 11.1 Å². The minimum Gasteiger partial charge on any atom is -0.304 e. The molecule has 0 radical (unpaired) electrons. The molecule has 1 aliphatic rings. The fourth-order valence-electron chi connectivity index (χ4n) is 2.92. The first-order valence-electron chi connectivity index (χ1n) is 7.88. The van der Waals surface area contributed by atoms with Gasteiger partial charge in [0, 0.05) is 15.6 Å². The van der Waals surface area contributed by atoms with E-state index in [1.54, 1.807) is 11.0 Å². The first-order valence-corrected chi connectivity index (χ1v) is 10.4. The molecular formula is C19H18BrNO3S. The highest BCUT2D eigenvalue weighted by molar-refractivity contribution is 9.10. The molecule has 1 amide bonds. The van der Waals surface area contributed by atoms with Crippen LogP contribution in [0.5, 0.6) is 0 Å². The summed E-state index contributed by atoms with van der Waals surface area (Å²) in [5.41, 5.74) is 2.69. The summed E-state index contributed by atoms with van der Waals surface area (Å²) in [6.45, 7) is 1.98. The van der Waals surface area contributed by atoms with E-state index >= 15 is 0 Å². The third kappa shape index (κ3) is 4.38. The lowest BCUT2D eigenvalue weighted by Gasteiger charge is -2.28. The minimum atomic E-state index is -3.25. The lowest BCUT2D eigenvalue weighted by Crippen LogP contribution is -2.42. The van der Waals surface area contributed by atoms with Crippen LogP contribution < -0.4 is 4.90 Å². The molecule has 0 aliphatic carbocycles. The number of hydrogen-bond acceptors (Lipinski definition) is 3. The predicted molar refractivity (Wildman–Crippen MR) is 103 cm³/mol. The topological polar surface area (TPSA) is 54.5 Å². The Labute approximate surface area is 156 Å². The zero-order valence-corrected chi connectivity index (χ0v) is 16.1. The molecule has 0 fully saturated rings. The third-order valence-corrected chi connectivity index (χ3v) is 5.96. The quantitative estimate of drug-likeness (QED) is 0.759. The van der Waals surface area contributed by atoms with Crippen molar-refractivity contribution in [1.82, 2.24) is 0 Å². The Morgan fingerprint density at radius 2 is 1.92 bits per heavy atom. The van der Waals surface area contributed by atoms with Crippen molar-refractivity contribution < 1.29 is 13.2 Å². The van der Waals surface area contributed by atoms with Gasteiger partial charge in [-0.25, -0.2) is 8.42 Å². The number of aryl methyl sites for hydroxylation is 1.